The summed E-state index contributed by atoms with van der Waals surface area (Å²) in [4.78, 5) is 0. The van der Waals surface area contributed by atoms with Gasteiger partial charge in [-0.3, -0.25) is 0 Å². The molecule has 23 heavy (non-hydrogen) atoms. The van der Waals surface area contributed by atoms with Crippen LogP contribution in [0.2, 0.25) is 0 Å². The first kappa shape index (κ1) is 23.0. The van der Waals surface area contributed by atoms with Crippen LogP contribution in [0.15, 0.2) is 0 Å². The molecule has 0 aromatic heterocycles. The molecule has 0 aliphatic carbocycles. The number of unbranched alkanes of at least 4 members (excludes halogenated alkanes) is 11. The van der Waals surface area contributed by atoms with E-state index in [0.717, 1.165) is 5.92 Å². The van der Waals surface area contributed by atoms with Crippen molar-refractivity contribution in [2.75, 3.05) is 13.1 Å². The first-order chi connectivity index (χ1) is 11.3. The van der Waals surface area contributed by atoms with Gasteiger partial charge in [-0.05, 0) is 38.3 Å². The molecule has 0 bridgehead atoms. The Morgan fingerprint density at radius 2 is 1.04 bits per heavy atom. The molecule has 0 amide bonds. The largest absolute Gasteiger partial charge is 0.316 e. The van der Waals surface area contributed by atoms with Crippen molar-refractivity contribution in [3.63, 3.8) is 0 Å². The normalized spacial score (nSPS) is 12.7. The third kappa shape index (κ3) is 18.1. The second kappa shape index (κ2) is 20.0. The fourth-order valence-corrected chi connectivity index (χ4v) is 3.48. The summed E-state index contributed by atoms with van der Waals surface area (Å²) < 4.78 is 0. The van der Waals surface area contributed by atoms with Crippen molar-refractivity contribution in [3.8, 4) is 0 Å². The SMILES string of the molecule is CCCCCCCCCCNCC(CCC)CCCCCCC. The van der Waals surface area contributed by atoms with E-state index in [-0.39, 0.29) is 0 Å². The molecular weight excluding hydrogens is 278 g/mol. The number of nitrogens with one attached hydrogen (secondary N) is 1. The fraction of sp³-hybridized carbons (Fsp3) is 1.00. The lowest BCUT2D eigenvalue weighted by molar-refractivity contribution is 0.392. The third-order valence-electron chi connectivity index (χ3n) is 5.05. The zero-order valence-corrected chi connectivity index (χ0v) is 16.8. The molecule has 1 heteroatoms. The summed E-state index contributed by atoms with van der Waals surface area (Å²) in [7, 11) is 0. The summed E-state index contributed by atoms with van der Waals surface area (Å²) in [6, 6.07) is 0. The molecule has 0 rings (SSSR count). The van der Waals surface area contributed by atoms with E-state index in [1.54, 1.807) is 0 Å². The van der Waals surface area contributed by atoms with Gasteiger partial charge < -0.3 is 5.32 Å². The van der Waals surface area contributed by atoms with E-state index in [0.29, 0.717) is 0 Å². The molecule has 0 heterocycles. The molecule has 0 aliphatic heterocycles. The van der Waals surface area contributed by atoms with Crippen LogP contribution in [0.3, 0.4) is 0 Å². The zero-order chi connectivity index (χ0) is 17.0. The summed E-state index contributed by atoms with van der Waals surface area (Å²) in [6.45, 7) is 9.43. The van der Waals surface area contributed by atoms with Gasteiger partial charge in [0.2, 0.25) is 0 Å². The Morgan fingerprint density at radius 1 is 0.522 bits per heavy atom. The van der Waals surface area contributed by atoms with Crippen LogP contribution in [-0.2, 0) is 0 Å². The molecule has 1 atom stereocenters. The monoisotopic (exact) mass is 325 g/mol. The van der Waals surface area contributed by atoms with Gasteiger partial charge in [-0.1, -0.05) is 104 Å². The summed E-state index contributed by atoms with van der Waals surface area (Å²) in [5.41, 5.74) is 0. The van der Waals surface area contributed by atoms with Gasteiger partial charge in [-0.2, -0.15) is 0 Å². The highest BCUT2D eigenvalue weighted by atomic mass is 14.8. The van der Waals surface area contributed by atoms with E-state index in [2.05, 4.69) is 26.1 Å². The second-order valence-corrected chi connectivity index (χ2v) is 7.54. The predicted octanol–water partition coefficient (Wildman–Crippen LogP) is 7.49. The van der Waals surface area contributed by atoms with Crippen LogP contribution in [0.1, 0.15) is 124 Å². The van der Waals surface area contributed by atoms with Crippen molar-refractivity contribution in [1.29, 1.82) is 0 Å². The Bertz CT molecular complexity index is 202. The molecule has 1 nitrogen and oxygen atoms in total. The van der Waals surface area contributed by atoms with Crippen molar-refractivity contribution in [2.24, 2.45) is 5.92 Å². The maximum atomic E-state index is 3.73. The zero-order valence-electron chi connectivity index (χ0n) is 16.8. The summed E-state index contributed by atoms with van der Waals surface area (Å²) in [6.07, 6.45) is 22.7. The molecule has 0 fully saturated rings. The Kier molecular flexibility index (Phi) is 20.0. The van der Waals surface area contributed by atoms with Crippen LogP contribution in [0, 0.1) is 5.92 Å². The average molecular weight is 326 g/mol. The molecule has 1 unspecified atom stereocenters. The lowest BCUT2D eigenvalue weighted by Gasteiger charge is -2.17. The number of rotatable bonds is 19. The lowest BCUT2D eigenvalue weighted by atomic mass is 9.96. The van der Waals surface area contributed by atoms with Gasteiger partial charge in [0.05, 0.1) is 0 Å². The first-order valence-corrected chi connectivity index (χ1v) is 11.1. The molecule has 0 spiro atoms. The van der Waals surface area contributed by atoms with Crippen molar-refractivity contribution in [1.82, 2.24) is 5.32 Å². The average Bonchev–Trinajstić information content (AvgIpc) is 2.56. The van der Waals surface area contributed by atoms with Crippen LogP contribution in [0.5, 0.6) is 0 Å². The van der Waals surface area contributed by atoms with Gasteiger partial charge in [0.1, 0.15) is 0 Å². The van der Waals surface area contributed by atoms with E-state index in [1.807, 2.05) is 0 Å². The molecule has 0 aromatic carbocycles. The predicted molar refractivity (Wildman–Crippen MR) is 107 cm³/mol. The topological polar surface area (TPSA) is 12.0 Å². The Hall–Kier alpha value is -0.0400. The van der Waals surface area contributed by atoms with E-state index in [4.69, 9.17) is 0 Å². The minimum atomic E-state index is 0.927. The van der Waals surface area contributed by atoms with Gasteiger partial charge in [-0.25, -0.2) is 0 Å². The van der Waals surface area contributed by atoms with Crippen LogP contribution < -0.4 is 5.32 Å². The van der Waals surface area contributed by atoms with Crippen LogP contribution in [-0.4, -0.2) is 13.1 Å². The van der Waals surface area contributed by atoms with Gasteiger partial charge in [0, 0.05) is 0 Å². The number of hydrogen-bond acceptors (Lipinski definition) is 1. The lowest BCUT2D eigenvalue weighted by Crippen LogP contribution is -2.24. The third-order valence-corrected chi connectivity index (χ3v) is 5.05. The molecule has 0 aromatic rings. The Balaban J connectivity index is 3.38. The summed E-state index contributed by atoms with van der Waals surface area (Å²) in [5.74, 6) is 0.927. The van der Waals surface area contributed by atoms with Gasteiger partial charge >= 0.3 is 0 Å². The highest BCUT2D eigenvalue weighted by Crippen LogP contribution is 2.16. The quantitative estimate of drug-likeness (QED) is 0.242. The van der Waals surface area contributed by atoms with Crippen molar-refractivity contribution < 1.29 is 0 Å². The van der Waals surface area contributed by atoms with Crippen molar-refractivity contribution in [2.45, 2.75) is 124 Å². The molecule has 1 N–H and O–H groups in total. The van der Waals surface area contributed by atoms with Crippen LogP contribution in [0.4, 0.5) is 0 Å². The maximum absolute atomic E-state index is 3.73. The molecule has 0 saturated carbocycles. The summed E-state index contributed by atoms with van der Waals surface area (Å²) >= 11 is 0. The molecular formula is C22H47N. The molecule has 140 valence electrons. The fourth-order valence-electron chi connectivity index (χ4n) is 3.48. The van der Waals surface area contributed by atoms with E-state index in [1.165, 1.54) is 116 Å². The molecule has 0 radical (unpaired) electrons. The van der Waals surface area contributed by atoms with Crippen molar-refractivity contribution in [3.05, 3.63) is 0 Å². The molecule has 0 aliphatic rings. The highest BCUT2D eigenvalue weighted by Gasteiger charge is 2.06. The Labute approximate surface area is 148 Å². The minimum absolute atomic E-state index is 0.927. The van der Waals surface area contributed by atoms with Gasteiger partial charge in [-0.15, -0.1) is 0 Å². The highest BCUT2D eigenvalue weighted by molar-refractivity contribution is 4.63. The van der Waals surface area contributed by atoms with Gasteiger partial charge in [0.25, 0.3) is 0 Å². The van der Waals surface area contributed by atoms with Gasteiger partial charge in [0.15, 0.2) is 0 Å². The van der Waals surface area contributed by atoms with E-state index >= 15 is 0 Å². The minimum Gasteiger partial charge on any atom is -0.316 e. The summed E-state index contributed by atoms with van der Waals surface area (Å²) in [5, 5.41) is 3.73. The van der Waals surface area contributed by atoms with E-state index < -0.39 is 0 Å². The van der Waals surface area contributed by atoms with Crippen LogP contribution >= 0.6 is 0 Å². The Morgan fingerprint density at radius 3 is 1.61 bits per heavy atom. The number of hydrogen-bond donors (Lipinski definition) is 1. The standard InChI is InChI=1S/C22H47N/c1-4-7-9-11-12-13-15-17-20-23-21-22(18-6-3)19-16-14-10-8-5-2/h22-23H,4-21H2,1-3H3. The van der Waals surface area contributed by atoms with Crippen LogP contribution in [0.25, 0.3) is 0 Å². The van der Waals surface area contributed by atoms with E-state index in [9.17, 15) is 0 Å². The molecule has 0 saturated heterocycles. The maximum Gasteiger partial charge on any atom is -0.00205 e. The smallest absolute Gasteiger partial charge is 0.00205 e. The first-order valence-electron chi connectivity index (χ1n) is 11.1. The second-order valence-electron chi connectivity index (χ2n) is 7.54. The van der Waals surface area contributed by atoms with Crippen molar-refractivity contribution >= 4 is 0 Å².